The summed E-state index contributed by atoms with van der Waals surface area (Å²) < 4.78 is 10.8. The Kier molecular flexibility index (Phi) is 7.41. The summed E-state index contributed by atoms with van der Waals surface area (Å²) >= 11 is 13.2. The van der Waals surface area contributed by atoms with Gasteiger partial charge in [-0.2, -0.15) is 5.26 Å². The van der Waals surface area contributed by atoms with E-state index in [1.165, 1.54) is 17.4 Å². The van der Waals surface area contributed by atoms with Crippen LogP contribution in [0.3, 0.4) is 0 Å². The van der Waals surface area contributed by atoms with Crippen LogP contribution in [0.1, 0.15) is 33.5 Å². The second kappa shape index (κ2) is 10.0. The number of benzene rings is 1. The standard InChI is InChI=1S/C23H18Cl2N2O4S/c1-4-30-23(29)20-12(2)13(3)32-22(20)27-21(28)15(11-26)9-16-6-8-19(31-16)14-5-7-17(24)18(25)10-14/h5-10H,4H2,1-3H3,(H,27,28)/b15-9+. The van der Waals surface area contributed by atoms with Gasteiger partial charge in [0.15, 0.2) is 0 Å². The molecule has 2 aromatic heterocycles. The van der Waals surface area contributed by atoms with Crippen molar-refractivity contribution in [3.63, 3.8) is 0 Å². The molecule has 0 saturated carbocycles. The van der Waals surface area contributed by atoms with Crippen molar-refractivity contribution in [1.82, 2.24) is 0 Å². The lowest BCUT2D eigenvalue weighted by atomic mass is 10.1. The second-order valence-corrected chi connectivity index (χ2v) is 8.70. The number of ether oxygens (including phenoxy) is 1. The number of esters is 1. The van der Waals surface area contributed by atoms with Gasteiger partial charge in [-0.3, -0.25) is 4.79 Å². The van der Waals surface area contributed by atoms with E-state index in [0.29, 0.717) is 37.7 Å². The highest BCUT2D eigenvalue weighted by Crippen LogP contribution is 2.34. The summed E-state index contributed by atoms with van der Waals surface area (Å²) in [7, 11) is 0. The summed E-state index contributed by atoms with van der Waals surface area (Å²) in [5.41, 5.74) is 1.53. The molecule has 0 saturated heterocycles. The van der Waals surface area contributed by atoms with E-state index in [-0.39, 0.29) is 12.2 Å². The fourth-order valence-electron chi connectivity index (χ4n) is 2.86. The van der Waals surface area contributed by atoms with Crippen LogP contribution < -0.4 is 5.32 Å². The van der Waals surface area contributed by atoms with Crippen LogP contribution >= 0.6 is 34.5 Å². The van der Waals surface area contributed by atoms with E-state index in [0.717, 1.165) is 10.4 Å². The van der Waals surface area contributed by atoms with Crippen molar-refractivity contribution in [2.24, 2.45) is 0 Å². The zero-order valence-electron chi connectivity index (χ0n) is 17.4. The Morgan fingerprint density at radius 3 is 2.62 bits per heavy atom. The first kappa shape index (κ1) is 23.6. The van der Waals surface area contributed by atoms with Crippen LogP contribution in [0.15, 0.2) is 40.3 Å². The van der Waals surface area contributed by atoms with E-state index < -0.39 is 11.9 Å². The SMILES string of the molecule is CCOC(=O)c1c(NC(=O)/C(C#N)=C/c2ccc(-c3ccc(Cl)c(Cl)c3)o2)sc(C)c1C. The molecular weight excluding hydrogens is 471 g/mol. The molecule has 0 radical (unpaired) electrons. The number of amides is 1. The lowest BCUT2D eigenvalue weighted by Crippen LogP contribution is -2.16. The topological polar surface area (TPSA) is 92.3 Å². The van der Waals surface area contributed by atoms with E-state index >= 15 is 0 Å². The van der Waals surface area contributed by atoms with Gasteiger partial charge >= 0.3 is 5.97 Å². The maximum Gasteiger partial charge on any atom is 0.341 e. The van der Waals surface area contributed by atoms with Gasteiger partial charge in [-0.1, -0.05) is 23.2 Å². The molecule has 2 heterocycles. The minimum Gasteiger partial charge on any atom is -0.462 e. The van der Waals surface area contributed by atoms with E-state index in [9.17, 15) is 14.9 Å². The van der Waals surface area contributed by atoms with Crippen molar-refractivity contribution >= 4 is 57.5 Å². The third-order valence-corrected chi connectivity index (χ3v) is 6.44. The summed E-state index contributed by atoms with van der Waals surface area (Å²) in [4.78, 5) is 25.9. The lowest BCUT2D eigenvalue weighted by molar-refractivity contribution is -0.112. The molecule has 0 unspecified atom stereocenters. The number of anilines is 1. The zero-order valence-corrected chi connectivity index (χ0v) is 19.7. The molecule has 3 aromatic rings. The van der Waals surface area contributed by atoms with Gasteiger partial charge in [-0.15, -0.1) is 11.3 Å². The van der Waals surface area contributed by atoms with Crippen LogP contribution in [0.5, 0.6) is 0 Å². The number of thiophene rings is 1. The molecule has 0 fully saturated rings. The average Bonchev–Trinajstić information content (AvgIpc) is 3.32. The number of furan rings is 1. The predicted octanol–water partition coefficient (Wildman–Crippen LogP) is 6.65. The summed E-state index contributed by atoms with van der Waals surface area (Å²) in [6.45, 7) is 5.54. The fraction of sp³-hybridized carbons (Fsp3) is 0.174. The van der Waals surface area contributed by atoms with Crippen molar-refractivity contribution in [3.8, 4) is 17.4 Å². The maximum atomic E-state index is 12.7. The third-order valence-electron chi connectivity index (χ3n) is 4.57. The third kappa shape index (κ3) is 5.05. The Morgan fingerprint density at radius 1 is 1.22 bits per heavy atom. The average molecular weight is 489 g/mol. The smallest absolute Gasteiger partial charge is 0.341 e. The first-order chi connectivity index (χ1) is 15.2. The molecule has 32 heavy (non-hydrogen) atoms. The number of carbonyl (C=O) groups excluding carboxylic acids is 2. The molecule has 1 aromatic carbocycles. The van der Waals surface area contributed by atoms with Crippen molar-refractivity contribution in [1.29, 1.82) is 5.26 Å². The molecule has 9 heteroatoms. The summed E-state index contributed by atoms with van der Waals surface area (Å²) in [6, 6.07) is 10.3. The number of nitrogens with zero attached hydrogens (tertiary/aromatic N) is 1. The minimum atomic E-state index is -0.660. The number of carbonyl (C=O) groups is 2. The van der Waals surface area contributed by atoms with Crippen molar-refractivity contribution in [3.05, 3.63) is 67.7 Å². The first-order valence-electron chi connectivity index (χ1n) is 9.50. The number of rotatable bonds is 6. The molecule has 0 spiro atoms. The van der Waals surface area contributed by atoms with Crippen molar-refractivity contribution in [2.45, 2.75) is 20.8 Å². The van der Waals surface area contributed by atoms with Crippen LogP contribution in [-0.4, -0.2) is 18.5 Å². The molecule has 164 valence electrons. The van der Waals surface area contributed by atoms with Gasteiger partial charge in [-0.25, -0.2) is 4.79 Å². The number of aryl methyl sites for hydroxylation is 1. The monoisotopic (exact) mass is 488 g/mol. The van der Waals surface area contributed by atoms with Gasteiger partial charge in [0.05, 0.1) is 22.2 Å². The van der Waals surface area contributed by atoms with Crippen LogP contribution in [0, 0.1) is 25.2 Å². The zero-order chi connectivity index (χ0) is 23.4. The van der Waals surface area contributed by atoms with Crippen molar-refractivity contribution in [2.75, 3.05) is 11.9 Å². The normalized spacial score (nSPS) is 11.2. The molecular formula is C23H18Cl2N2O4S. The summed E-state index contributed by atoms with van der Waals surface area (Å²) in [6.07, 6.45) is 1.33. The van der Waals surface area contributed by atoms with E-state index in [4.69, 9.17) is 32.4 Å². The van der Waals surface area contributed by atoms with Gasteiger partial charge in [0.1, 0.15) is 28.2 Å². The van der Waals surface area contributed by atoms with Crippen molar-refractivity contribution < 1.29 is 18.7 Å². The molecule has 3 rings (SSSR count). The lowest BCUT2D eigenvalue weighted by Gasteiger charge is -2.06. The number of nitriles is 1. The molecule has 0 bridgehead atoms. The minimum absolute atomic E-state index is 0.182. The number of halogens is 2. The van der Waals surface area contributed by atoms with Crippen LogP contribution in [0.2, 0.25) is 10.0 Å². The van der Waals surface area contributed by atoms with Gasteiger partial charge in [0.25, 0.3) is 5.91 Å². The first-order valence-corrected chi connectivity index (χ1v) is 11.1. The van der Waals surface area contributed by atoms with Crippen LogP contribution in [-0.2, 0) is 9.53 Å². The predicted molar refractivity (Wildman–Crippen MR) is 126 cm³/mol. The highest BCUT2D eigenvalue weighted by molar-refractivity contribution is 7.16. The Morgan fingerprint density at radius 2 is 1.97 bits per heavy atom. The maximum absolute atomic E-state index is 12.7. The van der Waals surface area contributed by atoms with E-state index in [1.54, 1.807) is 44.2 Å². The molecule has 0 aliphatic carbocycles. The largest absolute Gasteiger partial charge is 0.462 e. The molecule has 1 N–H and O–H groups in total. The number of hydrogen-bond acceptors (Lipinski definition) is 6. The van der Waals surface area contributed by atoms with Gasteiger partial charge in [-0.05, 0) is 56.7 Å². The molecule has 0 aliphatic rings. The molecule has 0 aliphatic heterocycles. The molecule has 6 nitrogen and oxygen atoms in total. The highest BCUT2D eigenvalue weighted by atomic mass is 35.5. The Balaban J connectivity index is 1.85. The van der Waals surface area contributed by atoms with Gasteiger partial charge in [0, 0.05) is 16.5 Å². The Bertz CT molecular complexity index is 1270. The van der Waals surface area contributed by atoms with E-state index in [1.807, 2.05) is 13.0 Å². The number of nitrogens with one attached hydrogen (secondary N) is 1. The second-order valence-electron chi connectivity index (χ2n) is 6.66. The molecule has 0 atom stereocenters. The number of hydrogen-bond donors (Lipinski definition) is 1. The quantitative estimate of drug-likeness (QED) is 0.238. The summed E-state index contributed by atoms with van der Waals surface area (Å²) in [5.74, 6) is -0.375. The fourth-order valence-corrected chi connectivity index (χ4v) is 4.20. The Hall–Kier alpha value is -3.05. The van der Waals surface area contributed by atoms with Gasteiger partial charge in [0.2, 0.25) is 0 Å². The van der Waals surface area contributed by atoms with Crippen LogP contribution in [0.25, 0.3) is 17.4 Å². The van der Waals surface area contributed by atoms with Crippen LogP contribution in [0.4, 0.5) is 5.00 Å². The Labute approximate surface area is 199 Å². The molecule has 1 amide bonds. The summed E-state index contributed by atoms with van der Waals surface area (Å²) in [5, 5.41) is 13.3. The highest BCUT2D eigenvalue weighted by Gasteiger charge is 2.23. The van der Waals surface area contributed by atoms with E-state index in [2.05, 4.69) is 5.32 Å². The van der Waals surface area contributed by atoms with Gasteiger partial charge < -0.3 is 14.5 Å².